The molecule has 1 aliphatic heterocycles. The van der Waals surface area contributed by atoms with E-state index in [1.54, 1.807) is 19.1 Å². The van der Waals surface area contributed by atoms with Crippen molar-refractivity contribution in [2.75, 3.05) is 37.6 Å². The summed E-state index contributed by atoms with van der Waals surface area (Å²) >= 11 is 0. The minimum atomic E-state index is -0.411. The van der Waals surface area contributed by atoms with Crippen molar-refractivity contribution in [3.8, 4) is 11.4 Å². The first kappa shape index (κ1) is 19.2. The Balaban J connectivity index is 1.81. The molecule has 0 amide bonds. The van der Waals surface area contributed by atoms with Crippen LogP contribution in [0, 0.1) is 10.1 Å². The first-order valence-electron chi connectivity index (χ1n) is 9.24. The quantitative estimate of drug-likeness (QED) is 0.614. The van der Waals surface area contributed by atoms with Gasteiger partial charge in [0.1, 0.15) is 5.82 Å². The Morgan fingerprint density at radius 3 is 2.41 bits per heavy atom. The van der Waals surface area contributed by atoms with Gasteiger partial charge in [-0.3, -0.25) is 15.0 Å². The minimum Gasteiger partial charge on any atom is -0.392 e. The van der Waals surface area contributed by atoms with E-state index in [4.69, 9.17) is 4.98 Å². The van der Waals surface area contributed by atoms with Crippen molar-refractivity contribution in [2.45, 2.75) is 26.4 Å². The number of nitrogens with zero attached hydrogens (tertiary/aromatic N) is 5. The molecule has 1 atom stereocenters. The van der Waals surface area contributed by atoms with E-state index in [1.807, 2.05) is 13.0 Å². The Hall–Kier alpha value is -2.58. The lowest BCUT2D eigenvalue weighted by Gasteiger charge is -2.36. The van der Waals surface area contributed by atoms with Crippen molar-refractivity contribution in [1.29, 1.82) is 0 Å². The smallest absolute Gasteiger partial charge is 0.269 e. The van der Waals surface area contributed by atoms with Crippen LogP contribution in [0.15, 0.2) is 30.3 Å². The number of rotatable bonds is 6. The zero-order chi connectivity index (χ0) is 19.4. The number of aromatic nitrogens is 2. The average Bonchev–Trinajstić information content (AvgIpc) is 2.67. The van der Waals surface area contributed by atoms with E-state index in [2.05, 4.69) is 14.8 Å². The maximum atomic E-state index is 10.9. The highest BCUT2D eigenvalue weighted by atomic mass is 16.6. The fourth-order valence-electron chi connectivity index (χ4n) is 3.22. The predicted molar refractivity (Wildman–Crippen MR) is 104 cm³/mol. The largest absolute Gasteiger partial charge is 0.392 e. The van der Waals surface area contributed by atoms with Gasteiger partial charge in [-0.15, -0.1) is 0 Å². The van der Waals surface area contributed by atoms with Crippen LogP contribution in [0.5, 0.6) is 0 Å². The molecule has 1 fully saturated rings. The molecule has 0 radical (unpaired) electrons. The molecule has 8 heteroatoms. The summed E-state index contributed by atoms with van der Waals surface area (Å²) in [5, 5.41) is 20.4. The number of aliphatic hydroxyl groups excluding tert-OH is 1. The molecule has 3 rings (SSSR count). The van der Waals surface area contributed by atoms with Crippen LogP contribution >= 0.6 is 0 Å². The highest BCUT2D eigenvalue weighted by molar-refractivity contribution is 5.60. The molecule has 1 saturated heterocycles. The molecule has 0 aliphatic carbocycles. The first-order chi connectivity index (χ1) is 13.0. The molecule has 8 nitrogen and oxygen atoms in total. The van der Waals surface area contributed by atoms with Crippen LogP contribution < -0.4 is 4.90 Å². The number of piperazine rings is 1. The third-order valence-corrected chi connectivity index (χ3v) is 4.68. The summed E-state index contributed by atoms with van der Waals surface area (Å²) < 4.78 is 0. The van der Waals surface area contributed by atoms with Gasteiger partial charge in [0.2, 0.25) is 0 Å². The summed E-state index contributed by atoms with van der Waals surface area (Å²) in [6, 6.07) is 8.35. The van der Waals surface area contributed by atoms with Crippen LogP contribution in [0.2, 0.25) is 0 Å². The lowest BCUT2D eigenvalue weighted by Crippen LogP contribution is -2.48. The normalized spacial score (nSPS) is 16.3. The van der Waals surface area contributed by atoms with Crippen molar-refractivity contribution < 1.29 is 10.0 Å². The Morgan fingerprint density at radius 2 is 1.85 bits per heavy atom. The van der Waals surface area contributed by atoms with Crippen LogP contribution in [-0.2, 0) is 6.42 Å². The molecule has 1 N–H and O–H groups in total. The van der Waals surface area contributed by atoms with Crippen molar-refractivity contribution in [1.82, 2.24) is 14.9 Å². The number of hydrogen-bond acceptors (Lipinski definition) is 7. The maximum Gasteiger partial charge on any atom is 0.269 e. The number of nitro groups is 1. The minimum absolute atomic E-state index is 0.0554. The molecule has 0 bridgehead atoms. The summed E-state index contributed by atoms with van der Waals surface area (Å²) in [6.45, 7) is 7.98. The number of aliphatic hydroxyl groups is 1. The van der Waals surface area contributed by atoms with Crippen molar-refractivity contribution in [3.63, 3.8) is 0 Å². The molecular weight excluding hydrogens is 346 g/mol. The number of β-amino-alcohol motifs (C(OH)–C–C–N with tert-alkyl or cyclic N) is 1. The number of aryl methyl sites for hydroxylation is 1. The van der Waals surface area contributed by atoms with E-state index in [-0.39, 0.29) is 11.8 Å². The fourth-order valence-corrected chi connectivity index (χ4v) is 3.22. The number of non-ortho nitro benzene ring substituents is 1. The van der Waals surface area contributed by atoms with Gasteiger partial charge in [-0.25, -0.2) is 9.97 Å². The molecule has 2 heterocycles. The second-order valence-electron chi connectivity index (χ2n) is 6.84. The lowest BCUT2D eigenvalue weighted by atomic mass is 10.2. The maximum absolute atomic E-state index is 10.9. The predicted octanol–water partition coefficient (Wildman–Crippen LogP) is 2.12. The van der Waals surface area contributed by atoms with E-state index in [9.17, 15) is 15.2 Å². The van der Waals surface area contributed by atoms with Gasteiger partial charge in [0.05, 0.1) is 11.0 Å². The van der Waals surface area contributed by atoms with Crippen LogP contribution in [0.25, 0.3) is 11.4 Å². The van der Waals surface area contributed by atoms with Crippen LogP contribution in [-0.4, -0.2) is 63.7 Å². The number of benzene rings is 1. The zero-order valence-corrected chi connectivity index (χ0v) is 15.7. The van der Waals surface area contributed by atoms with E-state index < -0.39 is 4.92 Å². The Kier molecular flexibility index (Phi) is 5.98. The second-order valence-corrected chi connectivity index (χ2v) is 6.84. The van der Waals surface area contributed by atoms with Gasteiger partial charge in [-0.2, -0.15) is 0 Å². The number of anilines is 1. The summed E-state index contributed by atoms with van der Waals surface area (Å²) in [5.74, 6) is 1.47. The third kappa shape index (κ3) is 4.78. The standard InChI is InChI=1S/C19H25N5O3/c1-3-16-12-18(23-10-8-22(9-11-23)13-14(2)25)21-19(20-16)15-4-6-17(7-5-15)24(26)27/h4-7,12,14,25H,3,8-11,13H2,1-2H3/t14-/m1/s1. The zero-order valence-electron chi connectivity index (χ0n) is 15.7. The lowest BCUT2D eigenvalue weighted by molar-refractivity contribution is -0.384. The summed E-state index contributed by atoms with van der Waals surface area (Å²) in [7, 11) is 0. The van der Waals surface area contributed by atoms with E-state index in [0.717, 1.165) is 49.7 Å². The monoisotopic (exact) mass is 371 g/mol. The Morgan fingerprint density at radius 1 is 1.19 bits per heavy atom. The molecule has 1 aromatic heterocycles. The molecule has 27 heavy (non-hydrogen) atoms. The highest BCUT2D eigenvalue weighted by Crippen LogP contribution is 2.23. The van der Waals surface area contributed by atoms with Crippen molar-refractivity contribution in [3.05, 3.63) is 46.1 Å². The topological polar surface area (TPSA) is 95.6 Å². The number of hydrogen-bond donors (Lipinski definition) is 1. The van der Waals surface area contributed by atoms with Gasteiger partial charge in [0.15, 0.2) is 5.82 Å². The van der Waals surface area contributed by atoms with Crippen LogP contribution in [0.3, 0.4) is 0 Å². The average molecular weight is 371 g/mol. The van der Waals surface area contributed by atoms with Gasteiger partial charge in [-0.1, -0.05) is 6.92 Å². The molecule has 1 aromatic carbocycles. The fraction of sp³-hybridized carbons (Fsp3) is 0.474. The van der Waals surface area contributed by atoms with Gasteiger partial charge < -0.3 is 10.0 Å². The van der Waals surface area contributed by atoms with Crippen LogP contribution in [0.1, 0.15) is 19.5 Å². The summed E-state index contributed by atoms with van der Waals surface area (Å²) in [6.07, 6.45) is 0.466. The molecule has 0 spiro atoms. The molecule has 0 saturated carbocycles. The first-order valence-corrected chi connectivity index (χ1v) is 9.24. The SMILES string of the molecule is CCc1cc(N2CCN(C[C@@H](C)O)CC2)nc(-c2ccc([N+](=O)[O-])cc2)n1. The second kappa shape index (κ2) is 8.41. The van der Waals surface area contributed by atoms with Gasteiger partial charge in [0.25, 0.3) is 5.69 Å². The summed E-state index contributed by atoms with van der Waals surface area (Å²) in [4.78, 5) is 24.2. The van der Waals surface area contributed by atoms with Gasteiger partial charge >= 0.3 is 0 Å². The summed E-state index contributed by atoms with van der Waals surface area (Å²) in [5.41, 5.74) is 1.77. The molecule has 1 aliphatic rings. The number of nitro benzene ring substituents is 1. The third-order valence-electron chi connectivity index (χ3n) is 4.68. The van der Waals surface area contributed by atoms with Crippen molar-refractivity contribution in [2.24, 2.45) is 0 Å². The van der Waals surface area contributed by atoms with E-state index in [1.165, 1.54) is 12.1 Å². The Labute approximate surface area is 158 Å². The molecule has 144 valence electrons. The van der Waals surface area contributed by atoms with E-state index in [0.29, 0.717) is 12.4 Å². The van der Waals surface area contributed by atoms with Crippen LogP contribution in [0.4, 0.5) is 11.5 Å². The molecule has 0 unspecified atom stereocenters. The van der Waals surface area contributed by atoms with E-state index >= 15 is 0 Å². The Bertz CT molecular complexity index is 786. The molecule has 2 aromatic rings. The van der Waals surface area contributed by atoms with Gasteiger partial charge in [0, 0.05) is 62.2 Å². The molecular formula is C19H25N5O3. The highest BCUT2D eigenvalue weighted by Gasteiger charge is 2.20. The van der Waals surface area contributed by atoms with Crippen molar-refractivity contribution >= 4 is 11.5 Å². The van der Waals surface area contributed by atoms with Gasteiger partial charge in [-0.05, 0) is 25.5 Å².